The molecular formula is C17H18ClFN4O4. The molecule has 1 aromatic carbocycles. The monoisotopic (exact) mass is 396 g/mol. The molecule has 4 amide bonds. The quantitative estimate of drug-likeness (QED) is 0.548. The number of fused-ring (bicyclic) bond motifs is 1. The minimum atomic E-state index is -2.85. The Hall–Kier alpha value is -2.52. The second-order valence-corrected chi connectivity index (χ2v) is 6.55. The zero-order chi connectivity index (χ0) is 18.5. The number of nitrogens with zero attached hydrogens (tertiary/aromatic N) is 2. The Morgan fingerprint density at radius 1 is 1.00 bits per heavy atom. The molecule has 2 fully saturated rings. The number of piperazine rings is 1. The second kappa shape index (κ2) is 6.90. The molecule has 3 aliphatic rings. The molecule has 1 unspecified atom stereocenters. The van der Waals surface area contributed by atoms with Gasteiger partial charge in [0.1, 0.15) is 0 Å². The van der Waals surface area contributed by atoms with Crippen molar-refractivity contribution < 1.29 is 23.6 Å². The van der Waals surface area contributed by atoms with E-state index in [9.17, 15) is 19.2 Å². The Morgan fingerprint density at radius 2 is 1.67 bits per heavy atom. The molecule has 0 aliphatic carbocycles. The van der Waals surface area contributed by atoms with E-state index in [2.05, 4.69) is 10.2 Å². The number of alkyl halides is 1. The zero-order valence-corrected chi connectivity index (χ0v) is 15.1. The zero-order valence-electron chi connectivity index (χ0n) is 14.3. The third-order valence-electron chi connectivity index (χ3n) is 4.99. The molecule has 3 aliphatic heterocycles. The summed E-state index contributed by atoms with van der Waals surface area (Å²) in [4.78, 5) is 51.0. The molecule has 0 radical (unpaired) electrons. The van der Waals surface area contributed by atoms with Crippen molar-refractivity contribution in [2.45, 2.75) is 18.6 Å². The van der Waals surface area contributed by atoms with Crippen molar-refractivity contribution in [2.75, 3.05) is 31.1 Å². The van der Waals surface area contributed by atoms with Gasteiger partial charge in [0, 0.05) is 44.7 Å². The fraction of sp³-hybridized carbons (Fsp3) is 0.412. The van der Waals surface area contributed by atoms with Gasteiger partial charge in [-0.05, 0) is 18.2 Å². The van der Waals surface area contributed by atoms with Crippen LogP contribution in [0.4, 0.5) is 10.1 Å². The van der Waals surface area contributed by atoms with Gasteiger partial charge in [0.05, 0.1) is 11.1 Å². The number of anilines is 1. The maximum atomic E-state index is 15.3. The Labute approximate surface area is 160 Å². The van der Waals surface area contributed by atoms with Gasteiger partial charge in [-0.3, -0.25) is 24.5 Å². The molecule has 0 spiro atoms. The van der Waals surface area contributed by atoms with E-state index in [0.29, 0.717) is 4.90 Å². The van der Waals surface area contributed by atoms with Gasteiger partial charge in [0.2, 0.25) is 5.91 Å². The van der Waals surface area contributed by atoms with E-state index in [4.69, 9.17) is 0 Å². The van der Waals surface area contributed by atoms with Crippen LogP contribution in [0.1, 0.15) is 33.6 Å². The van der Waals surface area contributed by atoms with Gasteiger partial charge >= 0.3 is 0 Å². The van der Waals surface area contributed by atoms with Crippen molar-refractivity contribution in [3.63, 3.8) is 0 Å². The van der Waals surface area contributed by atoms with Crippen molar-refractivity contribution in [3.05, 3.63) is 29.3 Å². The number of imide groups is 2. The normalized spacial score (nSPS) is 25.2. The molecule has 27 heavy (non-hydrogen) atoms. The number of hydrogen-bond acceptors (Lipinski definition) is 6. The van der Waals surface area contributed by atoms with Crippen LogP contribution >= 0.6 is 12.4 Å². The summed E-state index contributed by atoms with van der Waals surface area (Å²) in [7, 11) is 0. The second-order valence-electron chi connectivity index (χ2n) is 6.55. The third kappa shape index (κ3) is 2.96. The number of amides is 4. The van der Waals surface area contributed by atoms with Crippen LogP contribution in [0, 0.1) is 0 Å². The van der Waals surface area contributed by atoms with Crippen LogP contribution in [0.2, 0.25) is 0 Å². The van der Waals surface area contributed by atoms with Crippen LogP contribution in [0.15, 0.2) is 18.2 Å². The summed E-state index contributed by atoms with van der Waals surface area (Å²) in [6, 6.07) is 4.77. The molecule has 1 aromatic rings. The molecular weight excluding hydrogens is 379 g/mol. The smallest absolute Gasteiger partial charge is 0.285 e. The lowest BCUT2D eigenvalue weighted by molar-refractivity contribution is -0.151. The van der Waals surface area contributed by atoms with E-state index in [0.717, 1.165) is 31.9 Å². The molecule has 1 atom stereocenters. The number of benzene rings is 1. The minimum absolute atomic E-state index is 0. The fourth-order valence-electron chi connectivity index (χ4n) is 3.56. The summed E-state index contributed by atoms with van der Waals surface area (Å²) in [5.41, 5.74) is 0.910. The topological polar surface area (TPSA) is 98.8 Å². The number of piperidine rings is 1. The van der Waals surface area contributed by atoms with Gasteiger partial charge in [-0.2, -0.15) is 0 Å². The van der Waals surface area contributed by atoms with Gasteiger partial charge in [0.15, 0.2) is 0 Å². The predicted molar refractivity (Wildman–Crippen MR) is 95.5 cm³/mol. The standard InChI is InChI=1S/C17H17FN4O4.ClH/c18-17(4-3-13(23)20-16(17)26)22-14(24)11-2-1-10(9-12(11)15(22)25)21-7-5-19-6-8-21;/h1-2,9,19H,3-8H2,(H,20,23,26);1H. The fourth-order valence-corrected chi connectivity index (χ4v) is 3.56. The Bertz CT molecular complexity index is 842. The van der Waals surface area contributed by atoms with Gasteiger partial charge in [-0.1, -0.05) is 0 Å². The first kappa shape index (κ1) is 19.2. The summed E-state index contributed by atoms with van der Waals surface area (Å²) in [5, 5.41) is 5.09. The lowest BCUT2D eigenvalue weighted by Crippen LogP contribution is -2.61. The van der Waals surface area contributed by atoms with E-state index >= 15 is 4.39 Å². The highest BCUT2D eigenvalue weighted by Gasteiger charge is 2.56. The summed E-state index contributed by atoms with van der Waals surface area (Å²) < 4.78 is 15.3. The van der Waals surface area contributed by atoms with Crippen LogP contribution in [-0.2, 0) is 9.59 Å². The summed E-state index contributed by atoms with van der Waals surface area (Å²) in [5.74, 6) is -6.46. The van der Waals surface area contributed by atoms with Crippen LogP contribution in [0.3, 0.4) is 0 Å². The summed E-state index contributed by atoms with van der Waals surface area (Å²) >= 11 is 0. The maximum Gasteiger partial charge on any atom is 0.285 e. The number of halogens is 2. The van der Waals surface area contributed by atoms with Crippen molar-refractivity contribution in [3.8, 4) is 0 Å². The molecule has 3 heterocycles. The van der Waals surface area contributed by atoms with Crippen LogP contribution in [0.5, 0.6) is 0 Å². The highest BCUT2D eigenvalue weighted by atomic mass is 35.5. The van der Waals surface area contributed by atoms with Crippen LogP contribution in [0.25, 0.3) is 0 Å². The lowest BCUT2D eigenvalue weighted by atomic mass is 10.0. The van der Waals surface area contributed by atoms with Crippen molar-refractivity contribution in [1.29, 1.82) is 0 Å². The molecule has 0 saturated carbocycles. The largest absolute Gasteiger partial charge is 0.369 e. The van der Waals surface area contributed by atoms with Crippen molar-refractivity contribution >= 4 is 41.7 Å². The van der Waals surface area contributed by atoms with E-state index in [1.807, 2.05) is 5.32 Å². The Kier molecular flexibility index (Phi) is 4.92. The molecule has 0 bridgehead atoms. The average Bonchev–Trinajstić information content (AvgIpc) is 2.90. The third-order valence-corrected chi connectivity index (χ3v) is 4.99. The number of carbonyl (C=O) groups is 4. The van der Waals surface area contributed by atoms with E-state index in [-0.39, 0.29) is 30.0 Å². The predicted octanol–water partition coefficient (Wildman–Crippen LogP) is 0.216. The van der Waals surface area contributed by atoms with E-state index in [1.54, 1.807) is 12.1 Å². The molecule has 10 heteroatoms. The summed E-state index contributed by atoms with van der Waals surface area (Å²) in [6.07, 6.45) is -0.810. The number of carbonyl (C=O) groups excluding carboxylic acids is 4. The number of hydrogen-bond donors (Lipinski definition) is 2. The van der Waals surface area contributed by atoms with Gasteiger partial charge in [0.25, 0.3) is 23.5 Å². The average molecular weight is 397 g/mol. The van der Waals surface area contributed by atoms with E-state index < -0.39 is 35.8 Å². The van der Waals surface area contributed by atoms with Gasteiger partial charge < -0.3 is 10.2 Å². The maximum absolute atomic E-state index is 15.3. The Balaban J connectivity index is 0.00000210. The van der Waals surface area contributed by atoms with Gasteiger partial charge in [-0.25, -0.2) is 9.29 Å². The molecule has 0 aromatic heterocycles. The Morgan fingerprint density at radius 3 is 2.33 bits per heavy atom. The van der Waals surface area contributed by atoms with E-state index in [1.165, 1.54) is 6.07 Å². The molecule has 2 N–H and O–H groups in total. The molecule has 2 saturated heterocycles. The number of rotatable bonds is 2. The molecule has 144 valence electrons. The first-order valence-electron chi connectivity index (χ1n) is 8.43. The molecule has 4 rings (SSSR count). The lowest BCUT2D eigenvalue weighted by Gasteiger charge is -2.34. The highest BCUT2D eigenvalue weighted by molar-refractivity contribution is 6.24. The number of nitrogens with one attached hydrogen (secondary N) is 2. The van der Waals surface area contributed by atoms with Crippen molar-refractivity contribution in [1.82, 2.24) is 15.5 Å². The first-order chi connectivity index (χ1) is 12.4. The highest BCUT2D eigenvalue weighted by Crippen LogP contribution is 2.36. The van der Waals surface area contributed by atoms with Gasteiger partial charge in [-0.15, -0.1) is 12.4 Å². The molecule has 8 nitrogen and oxygen atoms in total. The van der Waals surface area contributed by atoms with Crippen LogP contribution < -0.4 is 15.5 Å². The summed E-state index contributed by atoms with van der Waals surface area (Å²) in [6.45, 7) is 3.11. The first-order valence-corrected chi connectivity index (χ1v) is 8.43. The SMILES string of the molecule is Cl.O=C1CCC(F)(N2C(=O)c3ccc(N4CCNCC4)cc3C2=O)C(=O)N1. The minimum Gasteiger partial charge on any atom is -0.369 e. The van der Waals surface area contributed by atoms with Crippen LogP contribution in [-0.4, -0.2) is 60.5 Å². The van der Waals surface area contributed by atoms with Crippen molar-refractivity contribution in [2.24, 2.45) is 0 Å².